The van der Waals surface area contributed by atoms with Crippen LogP contribution in [0.4, 0.5) is 5.95 Å². The fourth-order valence-electron chi connectivity index (χ4n) is 2.33. The summed E-state index contributed by atoms with van der Waals surface area (Å²) in [5, 5.41) is 17.1. The SMILES string of the molecule is CN(C(=O)c1ccc(OC(=O)C(C)(C)C)cc1O)c1n[nH]c(-c2ccncc2)n1. The monoisotopic (exact) mass is 395 g/mol. The maximum absolute atomic E-state index is 12.8. The molecule has 0 fully saturated rings. The van der Waals surface area contributed by atoms with E-state index < -0.39 is 17.3 Å². The van der Waals surface area contributed by atoms with Gasteiger partial charge in [-0.15, -0.1) is 5.10 Å². The van der Waals surface area contributed by atoms with Crippen LogP contribution in [0.5, 0.6) is 11.5 Å². The van der Waals surface area contributed by atoms with E-state index in [0.29, 0.717) is 5.82 Å². The van der Waals surface area contributed by atoms with Crippen molar-refractivity contribution in [2.45, 2.75) is 20.8 Å². The Labute approximate surface area is 167 Å². The molecule has 0 radical (unpaired) electrons. The molecule has 150 valence electrons. The summed E-state index contributed by atoms with van der Waals surface area (Å²) in [6.07, 6.45) is 3.25. The Morgan fingerprint density at radius 1 is 1.14 bits per heavy atom. The highest BCUT2D eigenvalue weighted by Gasteiger charge is 2.25. The molecule has 0 atom stereocenters. The number of phenols is 1. The van der Waals surface area contributed by atoms with E-state index >= 15 is 0 Å². The number of nitrogens with zero attached hydrogens (tertiary/aromatic N) is 4. The predicted molar refractivity (Wildman–Crippen MR) is 106 cm³/mol. The van der Waals surface area contributed by atoms with Gasteiger partial charge in [0.2, 0.25) is 0 Å². The normalized spacial score (nSPS) is 11.2. The van der Waals surface area contributed by atoms with Crippen LogP contribution in [0.2, 0.25) is 0 Å². The molecule has 29 heavy (non-hydrogen) atoms. The number of amides is 1. The second-order valence-corrected chi connectivity index (χ2v) is 7.40. The van der Waals surface area contributed by atoms with E-state index in [9.17, 15) is 14.7 Å². The van der Waals surface area contributed by atoms with Crippen molar-refractivity contribution in [3.63, 3.8) is 0 Å². The number of nitrogens with one attached hydrogen (secondary N) is 1. The van der Waals surface area contributed by atoms with Gasteiger partial charge in [-0.3, -0.25) is 24.6 Å². The lowest BCUT2D eigenvalue weighted by Crippen LogP contribution is -2.27. The van der Waals surface area contributed by atoms with Gasteiger partial charge >= 0.3 is 5.97 Å². The molecular formula is C20H21N5O4. The summed E-state index contributed by atoms with van der Waals surface area (Å²) in [5.41, 5.74) is 0.105. The number of hydrogen-bond acceptors (Lipinski definition) is 7. The summed E-state index contributed by atoms with van der Waals surface area (Å²) >= 11 is 0. The first-order chi connectivity index (χ1) is 13.7. The summed E-state index contributed by atoms with van der Waals surface area (Å²) < 4.78 is 5.23. The number of ether oxygens (including phenoxy) is 1. The molecule has 3 rings (SSSR count). The molecule has 2 aromatic heterocycles. The highest BCUT2D eigenvalue weighted by molar-refractivity contribution is 6.06. The van der Waals surface area contributed by atoms with Gasteiger partial charge in [-0.25, -0.2) is 0 Å². The molecule has 0 unspecified atom stereocenters. The second-order valence-electron chi connectivity index (χ2n) is 7.40. The average molecular weight is 395 g/mol. The van der Waals surface area contributed by atoms with Crippen molar-refractivity contribution in [1.29, 1.82) is 0 Å². The molecule has 0 saturated carbocycles. The number of aromatic nitrogens is 4. The van der Waals surface area contributed by atoms with Crippen molar-refractivity contribution in [1.82, 2.24) is 20.2 Å². The lowest BCUT2D eigenvalue weighted by atomic mass is 9.97. The number of pyridine rings is 1. The van der Waals surface area contributed by atoms with Crippen LogP contribution in [-0.2, 0) is 4.79 Å². The third kappa shape index (κ3) is 4.40. The zero-order valence-corrected chi connectivity index (χ0v) is 16.5. The average Bonchev–Trinajstić information content (AvgIpc) is 3.17. The zero-order valence-electron chi connectivity index (χ0n) is 16.5. The van der Waals surface area contributed by atoms with Gasteiger partial charge in [0, 0.05) is 31.1 Å². The lowest BCUT2D eigenvalue weighted by molar-refractivity contribution is -0.143. The van der Waals surface area contributed by atoms with E-state index in [1.165, 1.54) is 30.1 Å². The number of aromatic hydroxyl groups is 1. The summed E-state index contributed by atoms with van der Waals surface area (Å²) in [6, 6.07) is 7.58. The number of hydrogen-bond donors (Lipinski definition) is 2. The largest absolute Gasteiger partial charge is 0.507 e. The molecule has 2 heterocycles. The van der Waals surface area contributed by atoms with Crippen molar-refractivity contribution in [2.75, 3.05) is 11.9 Å². The lowest BCUT2D eigenvalue weighted by Gasteiger charge is -2.17. The number of esters is 1. The van der Waals surface area contributed by atoms with E-state index in [1.54, 1.807) is 45.3 Å². The summed E-state index contributed by atoms with van der Waals surface area (Å²) in [5.74, 6) is -0.500. The summed E-state index contributed by atoms with van der Waals surface area (Å²) in [6.45, 7) is 5.16. The minimum Gasteiger partial charge on any atom is -0.507 e. The van der Waals surface area contributed by atoms with Gasteiger partial charge in [0.25, 0.3) is 11.9 Å². The quantitative estimate of drug-likeness (QED) is 0.514. The van der Waals surface area contributed by atoms with Crippen molar-refractivity contribution in [3.05, 3.63) is 48.3 Å². The Hall–Kier alpha value is -3.75. The third-order valence-electron chi connectivity index (χ3n) is 4.05. The van der Waals surface area contributed by atoms with Crippen LogP contribution in [0.25, 0.3) is 11.4 Å². The fourth-order valence-corrected chi connectivity index (χ4v) is 2.33. The van der Waals surface area contributed by atoms with Gasteiger partial charge in [0.05, 0.1) is 11.0 Å². The van der Waals surface area contributed by atoms with E-state index in [-0.39, 0.29) is 23.0 Å². The Morgan fingerprint density at radius 2 is 1.83 bits per heavy atom. The Kier molecular flexibility index (Phi) is 5.31. The number of aromatic amines is 1. The maximum atomic E-state index is 12.8. The van der Waals surface area contributed by atoms with Crippen LogP contribution >= 0.6 is 0 Å². The molecular weight excluding hydrogens is 374 g/mol. The first-order valence-electron chi connectivity index (χ1n) is 8.83. The van der Waals surface area contributed by atoms with Gasteiger partial charge in [0.15, 0.2) is 5.82 Å². The van der Waals surface area contributed by atoms with Crippen LogP contribution in [0.15, 0.2) is 42.7 Å². The molecule has 0 saturated heterocycles. The maximum Gasteiger partial charge on any atom is 0.316 e. The van der Waals surface area contributed by atoms with Crippen molar-refractivity contribution < 1.29 is 19.4 Å². The van der Waals surface area contributed by atoms with Gasteiger partial charge in [-0.2, -0.15) is 4.98 Å². The zero-order chi connectivity index (χ0) is 21.2. The topological polar surface area (TPSA) is 121 Å². The minimum absolute atomic E-state index is 0.0262. The van der Waals surface area contributed by atoms with Crippen LogP contribution < -0.4 is 9.64 Å². The Bertz CT molecular complexity index is 1040. The number of carbonyl (C=O) groups excluding carboxylic acids is 2. The van der Waals surface area contributed by atoms with E-state index in [2.05, 4.69) is 20.2 Å². The number of phenolic OH excluding ortho intramolecular Hbond substituents is 1. The molecule has 0 aliphatic carbocycles. The molecule has 2 N–H and O–H groups in total. The highest BCUT2D eigenvalue weighted by Crippen LogP contribution is 2.27. The van der Waals surface area contributed by atoms with E-state index in [4.69, 9.17) is 4.74 Å². The number of carbonyl (C=O) groups is 2. The first kappa shape index (κ1) is 20.0. The summed E-state index contributed by atoms with van der Waals surface area (Å²) in [7, 11) is 1.49. The Morgan fingerprint density at radius 3 is 2.45 bits per heavy atom. The van der Waals surface area contributed by atoms with Crippen LogP contribution in [0.1, 0.15) is 31.1 Å². The highest BCUT2D eigenvalue weighted by atomic mass is 16.5. The summed E-state index contributed by atoms with van der Waals surface area (Å²) in [4.78, 5) is 34.2. The fraction of sp³-hybridized carbons (Fsp3) is 0.250. The van der Waals surface area contributed by atoms with Crippen LogP contribution in [-0.4, -0.2) is 44.2 Å². The number of rotatable bonds is 4. The molecule has 1 amide bonds. The van der Waals surface area contributed by atoms with Crippen LogP contribution in [0, 0.1) is 5.41 Å². The number of benzene rings is 1. The first-order valence-corrected chi connectivity index (χ1v) is 8.83. The predicted octanol–water partition coefficient (Wildman–Crippen LogP) is 2.80. The van der Waals surface area contributed by atoms with Crippen molar-refractivity contribution in [2.24, 2.45) is 5.41 Å². The molecule has 9 heteroatoms. The standard InChI is InChI=1S/C20H21N5O4/c1-20(2,3)18(28)29-13-5-6-14(15(26)11-13)17(27)25(4)19-22-16(23-24-19)12-7-9-21-10-8-12/h5-11,26H,1-4H3,(H,22,23,24). The van der Waals surface area contributed by atoms with Crippen LogP contribution in [0.3, 0.4) is 0 Å². The smallest absolute Gasteiger partial charge is 0.316 e. The van der Waals surface area contributed by atoms with Gasteiger partial charge in [0.1, 0.15) is 11.5 Å². The van der Waals surface area contributed by atoms with Gasteiger partial charge in [-0.1, -0.05) is 0 Å². The van der Waals surface area contributed by atoms with Gasteiger partial charge < -0.3 is 9.84 Å². The Balaban J connectivity index is 1.78. The second kappa shape index (κ2) is 7.70. The minimum atomic E-state index is -0.692. The number of H-pyrrole nitrogens is 1. The molecule has 0 spiro atoms. The molecule has 3 aromatic rings. The molecule has 0 aliphatic rings. The van der Waals surface area contributed by atoms with E-state index in [1.807, 2.05) is 0 Å². The molecule has 0 aliphatic heterocycles. The van der Waals surface area contributed by atoms with E-state index in [0.717, 1.165) is 5.56 Å². The molecule has 1 aromatic carbocycles. The molecule has 0 bridgehead atoms. The van der Waals surface area contributed by atoms with Crippen molar-refractivity contribution >= 4 is 17.8 Å². The molecule has 9 nitrogen and oxygen atoms in total. The number of anilines is 1. The van der Waals surface area contributed by atoms with Crippen molar-refractivity contribution in [3.8, 4) is 22.9 Å². The third-order valence-corrected chi connectivity index (χ3v) is 4.05. The van der Waals surface area contributed by atoms with Gasteiger partial charge in [-0.05, 0) is 45.0 Å².